The number of carboxylic acids is 1. The minimum Gasteiger partial charge on any atom is -0.480 e. The van der Waals surface area contributed by atoms with Gasteiger partial charge in [0, 0.05) is 44.3 Å². The van der Waals surface area contributed by atoms with Crippen molar-refractivity contribution >= 4 is 11.7 Å². The molecule has 0 spiro atoms. The third-order valence-electron chi connectivity index (χ3n) is 4.11. The number of carbonyl (C=O) groups is 1. The van der Waals surface area contributed by atoms with Crippen molar-refractivity contribution in [1.29, 1.82) is 0 Å². The van der Waals surface area contributed by atoms with Crippen LogP contribution in [0.15, 0.2) is 48.8 Å². The van der Waals surface area contributed by atoms with E-state index in [-0.39, 0.29) is 5.82 Å². The summed E-state index contributed by atoms with van der Waals surface area (Å²) in [4.78, 5) is 19.8. The predicted molar refractivity (Wildman–Crippen MR) is 84.8 cm³/mol. The number of carboxylic acid groups (broad SMARTS) is 1. The highest BCUT2D eigenvalue weighted by Gasteiger charge is 2.30. The molecular formula is C17H18FN3O2. The van der Waals surface area contributed by atoms with Crippen LogP contribution < -0.4 is 4.90 Å². The molecule has 3 rings (SSSR count). The molecule has 6 heteroatoms. The number of piperazine rings is 1. The number of hydrogen-bond acceptors (Lipinski definition) is 4. The zero-order chi connectivity index (χ0) is 16.2. The van der Waals surface area contributed by atoms with Crippen LogP contribution in [0.5, 0.6) is 0 Å². The molecule has 5 nitrogen and oxygen atoms in total. The first kappa shape index (κ1) is 15.4. The van der Waals surface area contributed by atoms with Gasteiger partial charge in [0.15, 0.2) is 0 Å². The lowest BCUT2D eigenvalue weighted by atomic mass is 10.1. The number of aliphatic carboxylic acids is 1. The van der Waals surface area contributed by atoms with Gasteiger partial charge < -0.3 is 10.0 Å². The lowest BCUT2D eigenvalue weighted by Crippen LogP contribution is -2.49. The monoisotopic (exact) mass is 315 g/mol. The number of rotatable bonds is 4. The van der Waals surface area contributed by atoms with Gasteiger partial charge in [-0.2, -0.15) is 0 Å². The van der Waals surface area contributed by atoms with Crippen LogP contribution >= 0.6 is 0 Å². The van der Waals surface area contributed by atoms with Gasteiger partial charge in [0.1, 0.15) is 11.9 Å². The second kappa shape index (κ2) is 6.75. The van der Waals surface area contributed by atoms with E-state index in [0.29, 0.717) is 31.7 Å². The molecule has 0 saturated carbocycles. The highest BCUT2D eigenvalue weighted by molar-refractivity contribution is 5.75. The molecule has 0 amide bonds. The number of aromatic nitrogens is 1. The summed E-state index contributed by atoms with van der Waals surface area (Å²) in [6.45, 7) is 2.66. The summed E-state index contributed by atoms with van der Waals surface area (Å²) in [6.07, 6.45) is 3.24. The van der Waals surface area contributed by atoms with Crippen LogP contribution in [-0.2, 0) is 4.79 Å². The van der Waals surface area contributed by atoms with Gasteiger partial charge in [-0.1, -0.05) is 6.07 Å². The van der Waals surface area contributed by atoms with Gasteiger partial charge in [0.05, 0.1) is 0 Å². The van der Waals surface area contributed by atoms with Crippen molar-refractivity contribution in [2.24, 2.45) is 0 Å². The van der Waals surface area contributed by atoms with Crippen molar-refractivity contribution < 1.29 is 14.3 Å². The SMILES string of the molecule is O=C(O)[C@H](c1cccnc1)N1CCN(c2ccc(F)cc2)CC1. The Morgan fingerprint density at radius 2 is 1.83 bits per heavy atom. The molecule has 1 N–H and O–H groups in total. The fraction of sp³-hybridized carbons (Fsp3) is 0.294. The third kappa shape index (κ3) is 3.48. The Bertz CT molecular complexity index is 655. The van der Waals surface area contributed by atoms with Crippen LogP contribution in [0.3, 0.4) is 0 Å². The molecule has 0 radical (unpaired) electrons. The van der Waals surface area contributed by atoms with Crippen molar-refractivity contribution in [3.63, 3.8) is 0 Å². The molecule has 1 saturated heterocycles. The van der Waals surface area contributed by atoms with Crippen molar-refractivity contribution in [1.82, 2.24) is 9.88 Å². The van der Waals surface area contributed by atoms with Gasteiger partial charge in [-0.3, -0.25) is 14.7 Å². The minimum absolute atomic E-state index is 0.255. The summed E-state index contributed by atoms with van der Waals surface area (Å²) < 4.78 is 13.0. The lowest BCUT2D eigenvalue weighted by molar-refractivity contribution is -0.143. The standard InChI is InChI=1S/C17H18FN3O2/c18-14-3-5-15(6-4-14)20-8-10-21(11-9-20)16(17(22)23)13-2-1-7-19-12-13/h1-7,12,16H,8-11H2,(H,22,23)/t16-/m0/s1. The van der Waals surface area contributed by atoms with Crippen molar-refractivity contribution in [2.45, 2.75) is 6.04 Å². The predicted octanol–water partition coefficient (Wildman–Crippen LogP) is 2.17. The Labute approximate surface area is 134 Å². The van der Waals surface area contributed by atoms with E-state index in [2.05, 4.69) is 9.88 Å². The Balaban J connectivity index is 1.69. The molecule has 1 aromatic carbocycles. The fourth-order valence-corrected chi connectivity index (χ4v) is 2.94. The lowest BCUT2D eigenvalue weighted by Gasteiger charge is -2.38. The second-order valence-electron chi connectivity index (χ2n) is 5.53. The molecule has 0 bridgehead atoms. The molecule has 1 aliphatic rings. The van der Waals surface area contributed by atoms with E-state index in [1.54, 1.807) is 36.7 Å². The van der Waals surface area contributed by atoms with Crippen LogP contribution in [0, 0.1) is 5.82 Å². The molecule has 0 aliphatic carbocycles. The van der Waals surface area contributed by atoms with Crippen molar-refractivity contribution in [3.8, 4) is 0 Å². The maximum absolute atomic E-state index is 13.0. The topological polar surface area (TPSA) is 56.7 Å². The van der Waals surface area contributed by atoms with E-state index in [4.69, 9.17) is 0 Å². The fourth-order valence-electron chi connectivity index (χ4n) is 2.94. The highest BCUT2D eigenvalue weighted by Crippen LogP contribution is 2.24. The maximum atomic E-state index is 13.0. The van der Waals surface area contributed by atoms with E-state index in [1.807, 2.05) is 4.90 Å². The average molecular weight is 315 g/mol. The molecule has 23 heavy (non-hydrogen) atoms. The van der Waals surface area contributed by atoms with Crippen LogP contribution in [0.2, 0.25) is 0 Å². The number of benzene rings is 1. The van der Waals surface area contributed by atoms with Crippen LogP contribution in [0.4, 0.5) is 10.1 Å². The molecule has 1 atom stereocenters. The van der Waals surface area contributed by atoms with E-state index in [1.165, 1.54) is 12.1 Å². The summed E-state index contributed by atoms with van der Waals surface area (Å²) in [5.41, 5.74) is 1.65. The van der Waals surface area contributed by atoms with Gasteiger partial charge in [-0.25, -0.2) is 4.39 Å². The van der Waals surface area contributed by atoms with Crippen LogP contribution in [0.1, 0.15) is 11.6 Å². The summed E-state index contributed by atoms with van der Waals surface area (Å²) in [5, 5.41) is 9.57. The van der Waals surface area contributed by atoms with E-state index in [0.717, 1.165) is 5.69 Å². The number of halogens is 1. The van der Waals surface area contributed by atoms with Gasteiger partial charge in [0.25, 0.3) is 0 Å². The third-order valence-corrected chi connectivity index (χ3v) is 4.11. The molecule has 120 valence electrons. The normalized spacial score (nSPS) is 17.0. The smallest absolute Gasteiger partial charge is 0.325 e. The zero-order valence-corrected chi connectivity index (χ0v) is 12.6. The zero-order valence-electron chi connectivity index (χ0n) is 12.6. The Morgan fingerprint density at radius 3 is 2.39 bits per heavy atom. The number of anilines is 1. The molecule has 2 aromatic rings. The second-order valence-corrected chi connectivity index (χ2v) is 5.53. The molecule has 1 aliphatic heterocycles. The van der Waals surface area contributed by atoms with Crippen LogP contribution in [-0.4, -0.2) is 47.1 Å². The maximum Gasteiger partial charge on any atom is 0.325 e. The summed E-state index contributed by atoms with van der Waals surface area (Å²) in [5.74, 6) is -1.12. The number of pyridine rings is 1. The molecular weight excluding hydrogens is 297 g/mol. The summed E-state index contributed by atoms with van der Waals surface area (Å²) in [6, 6.07) is 9.24. The first-order valence-corrected chi connectivity index (χ1v) is 7.52. The molecule has 1 aromatic heterocycles. The summed E-state index contributed by atoms with van der Waals surface area (Å²) in [7, 11) is 0. The van der Waals surface area contributed by atoms with Gasteiger partial charge in [-0.15, -0.1) is 0 Å². The number of nitrogens with zero attached hydrogens (tertiary/aromatic N) is 3. The minimum atomic E-state index is -0.867. The Hall–Kier alpha value is -2.47. The molecule has 1 fully saturated rings. The van der Waals surface area contributed by atoms with Crippen molar-refractivity contribution in [2.75, 3.05) is 31.1 Å². The number of hydrogen-bond donors (Lipinski definition) is 1. The van der Waals surface area contributed by atoms with Crippen molar-refractivity contribution in [3.05, 3.63) is 60.2 Å². The van der Waals surface area contributed by atoms with E-state index in [9.17, 15) is 14.3 Å². The van der Waals surface area contributed by atoms with Gasteiger partial charge in [0.2, 0.25) is 0 Å². The largest absolute Gasteiger partial charge is 0.480 e. The van der Waals surface area contributed by atoms with E-state index >= 15 is 0 Å². The van der Waals surface area contributed by atoms with Gasteiger partial charge in [-0.05, 0) is 35.9 Å². The van der Waals surface area contributed by atoms with Gasteiger partial charge >= 0.3 is 5.97 Å². The Kier molecular flexibility index (Phi) is 4.52. The van der Waals surface area contributed by atoms with E-state index < -0.39 is 12.0 Å². The molecule has 2 heterocycles. The quantitative estimate of drug-likeness (QED) is 0.937. The summed E-state index contributed by atoms with van der Waals surface area (Å²) >= 11 is 0. The first-order valence-electron chi connectivity index (χ1n) is 7.52. The Morgan fingerprint density at radius 1 is 1.13 bits per heavy atom. The highest BCUT2D eigenvalue weighted by atomic mass is 19.1. The molecule has 0 unspecified atom stereocenters. The van der Waals surface area contributed by atoms with Crippen LogP contribution in [0.25, 0.3) is 0 Å². The first-order chi connectivity index (χ1) is 11.1. The average Bonchev–Trinajstić information content (AvgIpc) is 2.57.